The molecule has 1 aromatic heterocycles. The fourth-order valence-electron chi connectivity index (χ4n) is 3.20. The topological polar surface area (TPSA) is 63.6 Å². The van der Waals surface area contributed by atoms with Gasteiger partial charge in [-0.25, -0.2) is 0 Å². The minimum Gasteiger partial charge on any atom is -0.391 e. The van der Waals surface area contributed by atoms with Gasteiger partial charge >= 0.3 is 0 Å². The number of aromatic nitrogens is 1. The molecule has 3 aromatic rings. The number of anilines is 1. The molecule has 5 heteroatoms. The molecule has 0 spiro atoms. The van der Waals surface area contributed by atoms with Gasteiger partial charge in [-0.1, -0.05) is 47.6 Å². The van der Waals surface area contributed by atoms with Crippen molar-refractivity contribution in [3.8, 4) is 0 Å². The maximum absolute atomic E-state index is 12.3. The maximum Gasteiger partial charge on any atom is 0.228 e. The smallest absolute Gasteiger partial charge is 0.228 e. The van der Waals surface area contributed by atoms with Gasteiger partial charge < -0.3 is 10.2 Å². The number of nitrogens with one attached hydrogen (secondary N) is 1. The van der Waals surface area contributed by atoms with Gasteiger partial charge in [-0.05, 0) is 41.8 Å². The van der Waals surface area contributed by atoms with E-state index in [1.165, 1.54) is 11.1 Å². The van der Waals surface area contributed by atoms with Crippen molar-refractivity contribution < 1.29 is 9.63 Å². The highest BCUT2D eigenvalue weighted by atomic mass is 16.6. The Balaban J connectivity index is 1.27. The molecule has 140 valence electrons. The predicted molar refractivity (Wildman–Crippen MR) is 109 cm³/mol. The summed E-state index contributed by atoms with van der Waals surface area (Å²) in [6.07, 6.45) is 4.97. The third kappa shape index (κ3) is 4.62. The largest absolute Gasteiger partial charge is 0.391 e. The van der Waals surface area contributed by atoms with Gasteiger partial charge in [0, 0.05) is 30.1 Å². The molecule has 0 bridgehead atoms. The SMILES string of the molecule is O=C(CC1CC(c2cccnc2)=NO1)Nc1ccc(Cc2ccccc2)cc1. The molecule has 4 rings (SSSR count). The van der Waals surface area contributed by atoms with Crippen LogP contribution in [-0.4, -0.2) is 22.7 Å². The highest BCUT2D eigenvalue weighted by Gasteiger charge is 2.24. The number of hydrogen-bond donors (Lipinski definition) is 1. The van der Waals surface area contributed by atoms with Crippen LogP contribution in [0.3, 0.4) is 0 Å². The van der Waals surface area contributed by atoms with Crippen LogP contribution >= 0.6 is 0 Å². The third-order valence-corrected chi connectivity index (χ3v) is 4.63. The number of pyridine rings is 1. The third-order valence-electron chi connectivity index (χ3n) is 4.63. The lowest BCUT2D eigenvalue weighted by atomic mass is 10.0. The number of carbonyl (C=O) groups is 1. The summed E-state index contributed by atoms with van der Waals surface area (Å²) < 4.78 is 0. The number of hydrogen-bond acceptors (Lipinski definition) is 4. The number of amides is 1. The van der Waals surface area contributed by atoms with Crippen molar-refractivity contribution >= 4 is 17.3 Å². The lowest BCUT2D eigenvalue weighted by Crippen LogP contribution is -2.20. The minimum absolute atomic E-state index is 0.0801. The van der Waals surface area contributed by atoms with Crippen LogP contribution < -0.4 is 5.32 Å². The van der Waals surface area contributed by atoms with Gasteiger partial charge in [0.05, 0.1) is 12.1 Å². The highest BCUT2D eigenvalue weighted by molar-refractivity contribution is 6.01. The Morgan fingerprint density at radius 1 is 1.00 bits per heavy atom. The standard InChI is InChI=1S/C23H21N3O2/c27-23(15-21-14-22(26-28-21)19-7-4-12-24-16-19)25-20-10-8-18(9-11-20)13-17-5-2-1-3-6-17/h1-12,16,21H,13-15H2,(H,25,27). The number of oxime groups is 1. The zero-order chi connectivity index (χ0) is 19.2. The molecule has 1 aliphatic heterocycles. The van der Waals surface area contributed by atoms with Gasteiger partial charge in [0.1, 0.15) is 6.10 Å². The minimum atomic E-state index is -0.243. The fourth-order valence-corrected chi connectivity index (χ4v) is 3.20. The molecule has 0 saturated heterocycles. The van der Waals surface area contributed by atoms with Crippen molar-refractivity contribution in [1.29, 1.82) is 0 Å². The van der Waals surface area contributed by atoms with Crippen LogP contribution in [0.5, 0.6) is 0 Å². The van der Waals surface area contributed by atoms with E-state index in [4.69, 9.17) is 4.84 Å². The van der Waals surface area contributed by atoms with Crippen molar-refractivity contribution in [2.45, 2.75) is 25.4 Å². The summed E-state index contributed by atoms with van der Waals surface area (Å²) in [4.78, 5) is 21.8. The zero-order valence-electron chi connectivity index (χ0n) is 15.4. The van der Waals surface area contributed by atoms with Crippen LogP contribution in [-0.2, 0) is 16.1 Å². The van der Waals surface area contributed by atoms with Crippen LogP contribution in [0.2, 0.25) is 0 Å². The van der Waals surface area contributed by atoms with Crippen LogP contribution in [0, 0.1) is 0 Å². The summed E-state index contributed by atoms with van der Waals surface area (Å²) in [5.41, 5.74) is 5.02. The summed E-state index contributed by atoms with van der Waals surface area (Å²) in [5.74, 6) is -0.0801. The van der Waals surface area contributed by atoms with Crippen LogP contribution in [0.4, 0.5) is 5.69 Å². The van der Waals surface area contributed by atoms with Crippen molar-refractivity contribution in [2.24, 2.45) is 5.16 Å². The Morgan fingerprint density at radius 2 is 1.79 bits per heavy atom. The van der Waals surface area contributed by atoms with Gasteiger partial charge in [-0.15, -0.1) is 0 Å². The molecule has 1 atom stereocenters. The molecular formula is C23H21N3O2. The first kappa shape index (κ1) is 17.9. The van der Waals surface area contributed by atoms with E-state index < -0.39 is 0 Å². The fraction of sp³-hybridized carbons (Fsp3) is 0.174. The average molecular weight is 371 g/mol. The quantitative estimate of drug-likeness (QED) is 0.706. The summed E-state index contributed by atoms with van der Waals surface area (Å²) in [7, 11) is 0. The van der Waals surface area contributed by atoms with Crippen LogP contribution in [0.25, 0.3) is 0 Å². The van der Waals surface area contributed by atoms with E-state index in [1.807, 2.05) is 54.6 Å². The number of benzene rings is 2. The van der Waals surface area contributed by atoms with Gasteiger partial charge in [-0.2, -0.15) is 0 Å². The first-order valence-corrected chi connectivity index (χ1v) is 9.32. The summed E-state index contributed by atoms with van der Waals surface area (Å²) in [6, 6.07) is 22.1. The first-order chi connectivity index (χ1) is 13.8. The van der Waals surface area contributed by atoms with E-state index >= 15 is 0 Å². The van der Waals surface area contributed by atoms with Crippen molar-refractivity contribution in [2.75, 3.05) is 5.32 Å². The van der Waals surface area contributed by atoms with Crippen molar-refractivity contribution in [1.82, 2.24) is 4.98 Å². The molecule has 0 aliphatic carbocycles. The lowest BCUT2D eigenvalue weighted by Gasteiger charge is -2.10. The molecule has 1 amide bonds. The highest BCUT2D eigenvalue weighted by Crippen LogP contribution is 2.20. The molecule has 1 aliphatic rings. The Bertz CT molecular complexity index is 954. The normalized spacial score (nSPS) is 15.6. The molecule has 0 saturated carbocycles. The molecule has 0 fully saturated rings. The van der Waals surface area contributed by atoms with E-state index in [2.05, 4.69) is 27.6 Å². The molecule has 1 unspecified atom stereocenters. The van der Waals surface area contributed by atoms with E-state index in [0.29, 0.717) is 6.42 Å². The second kappa shape index (κ2) is 8.48. The molecule has 5 nitrogen and oxygen atoms in total. The van der Waals surface area contributed by atoms with Gasteiger partial charge in [-0.3, -0.25) is 9.78 Å². The summed E-state index contributed by atoms with van der Waals surface area (Å²) >= 11 is 0. The monoisotopic (exact) mass is 371 g/mol. The molecule has 1 N–H and O–H groups in total. The summed E-state index contributed by atoms with van der Waals surface area (Å²) in [5, 5.41) is 7.03. The Hall–Kier alpha value is -3.47. The first-order valence-electron chi connectivity index (χ1n) is 9.32. The lowest BCUT2D eigenvalue weighted by molar-refractivity contribution is -0.118. The molecule has 2 heterocycles. The number of rotatable bonds is 6. The van der Waals surface area contributed by atoms with E-state index in [9.17, 15) is 4.79 Å². The van der Waals surface area contributed by atoms with Crippen molar-refractivity contribution in [3.63, 3.8) is 0 Å². The Kier molecular flexibility index (Phi) is 5.43. The van der Waals surface area contributed by atoms with Crippen LogP contribution in [0.1, 0.15) is 29.5 Å². The van der Waals surface area contributed by atoms with E-state index in [0.717, 1.165) is 23.4 Å². The van der Waals surface area contributed by atoms with E-state index in [-0.39, 0.29) is 18.4 Å². The van der Waals surface area contributed by atoms with Gasteiger partial charge in [0.25, 0.3) is 0 Å². The Labute approximate surface area is 164 Å². The molecular weight excluding hydrogens is 350 g/mol. The maximum atomic E-state index is 12.3. The number of nitrogens with zero attached hydrogens (tertiary/aromatic N) is 2. The second-order valence-corrected chi connectivity index (χ2v) is 6.82. The Morgan fingerprint density at radius 3 is 2.54 bits per heavy atom. The zero-order valence-corrected chi connectivity index (χ0v) is 15.4. The predicted octanol–water partition coefficient (Wildman–Crippen LogP) is 4.19. The summed E-state index contributed by atoms with van der Waals surface area (Å²) in [6.45, 7) is 0. The molecule has 0 radical (unpaired) electrons. The van der Waals surface area contributed by atoms with Crippen molar-refractivity contribution in [3.05, 3.63) is 95.8 Å². The average Bonchev–Trinajstić information content (AvgIpc) is 3.19. The van der Waals surface area contributed by atoms with E-state index in [1.54, 1.807) is 12.4 Å². The van der Waals surface area contributed by atoms with Crippen LogP contribution in [0.15, 0.2) is 84.3 Å². The molecule has 2 aromatic carbocycles. The molecule has 28 heavy (non-hydrogen) atoms. The van der Waals surface area contributed by atoms with Gasteiger partial charge in [0.15, 0.2) is 0 Å². The number of carbonyl (C=O) groups excluding carboxylic acids is 1. The van der Waals surface area contributed by atoms with Gasteiger partial charge in [0.2, 0.25) is 5.91 Å². The second-order valence-electron chi connectivity index (χ2n) is 6.82.